The van der Waals surface area contributed by atoms with E-state index in [0.717, 1.165) is 18.4 Å². The van der Waals surface area contributed by atoms with E-state index in [1.165, 1.54) is 4.90 Å². The number of hydrogen-bond donors (Lipinski definition) is 0. The second kappa shape index (κ2) is 5.41. The minimum Gasteiger partial charge on any atom is -0.373 e. The summed E-state index contributed by atoms with van der Waals surface area (Å²) >= 11 is 6.18. The van der Waals surface area contributed by atoms with Crippen molar-refractivity contribution in [3.63, 3.8) is 0 Å². The van der Waals surface area contributed by atoms with Crippen LogP contribution >= 0.6 is 11.6 Å². The highest BCUT2D eigenvalue weighted by Crippen LogP contribution is 2.49. The number of imide groups is 1. The zero-order valence-corrected chi connectivity index (χ0v) is 14.1. The van der Waals surface area contributed by atoms with Gasteiger partial charge in [0.15, 0.2) is 5.82 Å². The van der Waals surface area contributed by atoms with E-state index in [2.05, 4.69) is 5.10 Å². The molecule has 3 aliphatic rings. The summed E-state index contributed by atoms with van der Waals surface area (Å²) in [6.07, 6.45) is 3.26. The molecule has 128 valence electrons. The van der Waals surface area contributed by atoms with E-state index >= 15 is 0 Å². The van der Waals surface area contributed by atoms with Crippen molar-refractivity contribution in [3.05, 3.63) is 47.1 Å². The first-order valence-corrected chi connectivity index (χ1v) is 8.81. The molecular formula is C18H16ClN3O3. The lowest BCUT2D eigenvalue weighted by Gasteiger charge is -2.15. The van der Waals surface area contributed by atoms with Gasteiger partial charge in [-0.15, -0.1) is 0 Å². The number of fused-ring (bicyclic) bond motifs is 5. The molecule has 1 aromatic heterocycles. The molecule has 3 saturated heterocycles. The van der Waals surface area contributed by atoms with Crippen LogP contribution in [0.2, 0.25) is 5.02 Å². The molecule has 2 bridgehead atoms. The predicted molar refractivity (Wildman–Crippen MR) is 90.1 cm³/mol. The minimum atomic E-state index is -0.333. The van der Waals surface area contributed by atoms with Gasteiger partial charge in [0.05, 0.1) is 30.6 Å². The van der Waals surface area contributed by atoms with Crippen molar-refractivity contribution in [3.8, 4) is 0 Å². The third kappa shape index (κ3) is 2.17. The van der Waals surface area contributed by atoms with Gasteiger partial charge in [0.25, 0.3) is 0 Å². The van der Waals surface area contributed by atoms with E-state index in [4.69, 9.17) is 16.3 Å². The number of ether oxygens (including phenoxy) is 1. The predicted octanol–water partition coefficient (Wildman–Crippen LogP) is 2.25. The summed E-state index contributed by atoms with van der Waals surface area (Å²) < 4.78 is 7.44. The fourth-order valence-electron chi connectivity index (χ4n) is 4.30. The number of carbonyl (C=O) groups is 2. The molecule has 25 heavy (non-hydrogen) atoms. The zero-order chi connectivity index (χ0) is 17.1. The molecule has 3 aliphatic heterocycles. The second-order valence-corrected chi connectivity index (χ2v) is 7.22. The highest BCUT2D eigenvalue weighted by Gasteiger charge is 2.63. The molecule has 2 amide bonds. The van der Waals surface area contributed by atoms with Gasteiger partial charge in [-0.1, -0.05) is 29.8 Å². The number of hydrogen-bond acceptors (Lipinski definition) is 4. The highest BCUT2D eigenvalue weighted by atomic mass is 35.5. The summed E-state index contributed by atoms with van der Waals surface area (Å²) in [6.45, 7) is 0.483. The van der Waals surface area contributed by atoms with Crippen LogP contribution < -0.4 is 4.90 Å². The number of amides is 2. The largest absolute Gasteiger partial charge is 0.373 e. The van der Waals surface area contributed by atoms with E-state index in [0.29, 0.717) is 17.4 Å². The average molecular weight is 358 g/mol. The van der Waals surface area contributed by atoms with Gasteiger partial charge in [-0.05, 0) is 24.5 Å². The lowest BCUT2D eigenvalue weighted by Crippen LogP contribution is -2.34. The fraction of sp³-hybridized carbons (Fsp3) is 0.389. The molecule has 0 saturated carbocycles. The number of aromatic nitrogens is 2. The number of rotatable bonds is 3. The average Bonchev–Trinajstić information content (AvgIpc) is 3.35. The Morgan fingerprint density at radius 2 is 1.76 bits per heavy atom. The Balaban J connectivity index is 1.41. The smallest absolute Gasteiger partial charge is 0.241 e. The monoisotopic (exact) mass is 357 g/mol. The number of carbonyl (C=O) groups excluding carboxylic acids is 2. The van der Waals surface area contributed by atoms with Crippen LogP contribution in [0.5, 0.6) is 0 Å². The summed E-state index contributed by atoms with van der Waals surface area (Å²) in [5.41, 5.74) is 0.932. The molecule has 0 unspecified atom stereocenters. The molecule has 4 atom stereocenters. The molecule has 0 aliphatic carbocycles. The normalized spacial score (nSPS) is 30.4. The minimum absolute atomic E-state index is 0.110. The number of benzene rings is 1. The van der Waals surface area contributed by atoms with Gasteiger partial charge in [0, 0.05) is 17.3 Å². The molecule has 3 fully saturated rings. The van der Waals surface area contributed by atoms with E-state index in [1.807, 2.05) is 24.3 Å². The first-order valence-electron chi connectivity index (χ1n) is 8.43. The van der Waals surface area contributed by atoms with Crippen molar-refractivity contribution >= 4 is 29.2 Å². The molecule has 0 N–H and O–H groups in total. The van der Waals surface area contributed by atoms with Crippen molar-refractivity contribution < 1.29 is 14.3 Å². The maximum absolute atomic E-state index is 12.8. The number of halogens is 1. The Hall–Kier alpha value is -2.18. The van der Waals surface area contributed by atoms with Gasteiger partial charge in [-0.25, -0.2) is 4.90 Å². The molecule has 6 nitrogen and oxygen atoms in total. The quantitative estimate of drug-likeness (QED) is 0.790. The van der Waals surface area contributed by atoms with Crippen LogP contribution in [0.3, 0.4) is 0 Å². The van der Waals surface area contributed by atoms with Crippen LogP contribution in [0, 0.1) is 11.8 Å². The van der Waals surface area contributed by atoms with Crippen LogP contribution in [0.25, 0.3) is 0 Å². The summed E-state index contributed by atoms with van der Waals surface area (Å²) in [5, 5.41) is 5.09. The lowest BCUT2D eigenvalue weighted by molar-refractivity contribution is -0.124. The lowest BCUT2D eigenvalue weighted by atomic mass is 9.81. The summed E-state index contributed by atoms with van der Waals surface area (Å²) in [5.74, 6) is -0.633. The van der Waals surface area contributed by atoms with Gasteiger partial charge in [-0.3, -0.25) is 14.3 Å². The Bertz CT molecular complexity index is 852. The van der Waals surface area contributed by atoms with Crippen molar-refractivity contribution in [2.75, 3.05) is 4.90 Å². The molecule has 0 radical (unpaired) electrons. The van der Waals surface area contributed by atoms with E-state index in [-0.39, 0.29) is 35.9 Å². The molecule has 1 aromatic carbocycles. The standard InChI is InChI=1S/C18H16ClN3O3/c19-11-4-2-1-3-10(11)9-21-8-7-14(20-21)22-17(23)15-12-5-6-13(25-12)16(15)18(22)24/h1-4,7-8,12-13,15-16H,5-6,9H2/t12-,13+,15-,16-/m0/s1. The van der Waals surface area contributed by atoms with E-state index in [9.17, 15) is 9.59 Å². The van der Waals surface area contributed by atoms with E-state index in [1.54, 1.807) is 16.9 Å². The zero-order valence-electron chi connectivity index (χ0n) is 13.3. The molecule has 0 spiro atoms. The first kappa shape index (κ1) is 15.1. The number of nitrogens with zero attached hydrogens (tertiary/aromatic N) is 3. The van der Waals surface area contributed by atoms with Gasteiger partial charge in [0.1, 0.15) is 0 Å². The maximum Gasteiger partial charge on any atom is 0.241 e. The highest BCUT2D eigenvalue weighted by molar-refractivity contribution is 6.31. The van der Waals surface area contributed by atoms with Crippen LogP contribution in [-0.2, 0) is 20.9 Å². The Labute approximate surface area is 149 Å². The Kier molecular flexibility index (Phi) is 3.27. The molecular weight excluding hydrogens is 342 g/mol. The van der Waals surface area contributed by atoms with Crippen molar-refractivity contribution in [1.29, 1.82) is 0 Å². The van der Waals surface area contributed by atoms with Gasteiger partial charge < -0.3 is 4.74 Å². The van der Waals surface area contributed by atoms with Crippen LogP contribution in [-0.4, -0.2) is 33.8 Å². The van der Waals surface area contributed by atoms with E-state index < -0.39 is 0 Å². The summed E-state index contributed by atoms with van der Waals surface area (Å²) in [4.78, 5) is 26.8. The van der Waals surface area contributed by atoms with Gasteiger partial charge in [-0.2, -0.15) is 5.10 Å². The molecule has 2 aromatic rings. The third-order valence-electron chi connectivity index (χ3n) is 5.43. The van der Waals surface area contributed by atoms with Crippen molar-refractivity contribution in [1.82, 2.24) is 9.78 Å². The fourth-order valence-corrected chi connectivity index (χ4v) is 4.49. The van der Waals surface area contributed by atoms with Crippen molar-refractivity contribution in [2.24, 2.45) is 11.8 Å². The van der Waals surface area contributed by atoms with Crippen molar-refractivity contribution in [2.45, 2.75) is 31.6 Å². The molecule has 7 heteroatoms. The Morgan fingerprint density at radius 1 is 1.08 bits per heavy atom. The van der Waals surface area contributed by atoms with Crippen LogP contribution in [0.1, 0.15) is 18.4 Å². The molecule has 4 heterocycles. The van der Waals surface area contributed by atoms with Gasteiger partial charge >= 0.3 is 0 Å². The maximum atomic E-state index is 12.8. The number of anilines is 1. The topological polar surface area (TPSA) is 64.4 Å². The second-order valence-electron chi connectivity index (χ2n) is 6.82. The summed E-state index contributed by atoms with van der Waals surface area (Å²) in [6, 6.07) is 9.24. The first-order chi connectivity index (χ1) is 12.1. The third-order valence-corrected chi connectivity index (χ3v) is 5.80. The molecule has 5 rings (SSSR count). The Morgan fingerprint density at radius 3 is 2.44 bits per heavy atom. The summed E-state index contributed by atoms with van der Waals surface area (Å²) in [7, 11) is 0. The SMILES string of the molecule is O=C1[C@@H]2[C@@H](C(=O)N1c1ccn(Cc3ccccc3Cl)n1)[C@H]1CC[C@@H]2O1. The van der Waals surface area contributed by atoms with Crippen LogP contribution in [0.4, 0.5) is 5.82 Å². The van der Waals surface area contributed by atoms with Gasteiger partial charge in [0.2, 0.25) is 11.8 Å². The van der Waals surface area contributed by atoms with Crippen LogP contribution in [0.15, 0.2) is 36.5 Å².